The molecule has 1 amide bonds. The molecule has 1 aliphatic heterocycles. The van der Waals surface area contributed by atoms with E-state index in [9.17, 15) is 9.18 Å². The average Bonchev–Trinajstić information content (AvgIpc) is 2.65. The normalized spacial score (nSPS) is 16.0. The van der Waals surface area contributed by atoms with E-state index < -0.39 is 0 Å². The van der Waals surface area contributed by atoms with Crippen LogP contribution in [0.25, 0.3) is 0 Å². The molecule has 4 nitrogen and oxygen atoms in total. The molecule has 0 radical (unpaired) electrons. The Morgan fingerprint density at radius 2 is 2.04 bits per heavy atom. The van der Waals surface area contributed by atoms with Crippen LogP contribution >= 0.6 is 0 Å². The van der Waals surface area contributed by atoms with Crippen molar-refractivity contribution >= 4 is 5.91 Å². The summed E-state index contributed by atoms with van der Waals surface area (Å²) in [5, 5.41) is 6.20. The lowest BCUT2D eigenvalue weighted by Crippen LogP contribution is -2.30. The molecular formula is C20H22FN3O. The summed E-state index contributed by atoms with van der Waals surface area (Å²) < 4.78 is 13.9. The highest BCUT2D eigenvalue weighted by Gasteiger charge is 2.20. The number of fused-ring (bicyclic) bond motifs is 2. The molecule has 0 saturated carbocycles. The highest BCUT2D eigenvalue weighted by Crippen LogP contribution is 2.24. The van der Waals surface area contributed by atoms with Crippen molar-refractivity contribution < 1.29 is 9.18 Å². The Morgan fingerprint density at radius 1 is 1.16 bits per heavy atom. The predicted octanol–water partition coefficient (Wildman–Crippen LogP) is 2.68. The van der Waals surface area contributed by atoms with E-state index in [4.69, 9.17) is 0 Å². The molecule has 1 aromatic heterocycles. The zero-order valence-corrected chi connectivity index (χ0v) is 14.2. The van der Waals surface area contributed by atoms with Gasteiger partial charge in [-0.25, -0.2) is 4.39 Å². The van der Waals surface area contributed by atoms with Crippen molar-refractivity contribution in [3.63, 3.8) is 0 Å². The number of nitrogens with one attached hydrogen (secondary N) is 2. The summed E-state index contributed by atoms with van der Waals surface area (Å²) in [6.07, 6.45) is 7.06. The Bertz CT molecular complexity index is 819. The molecule has 0 saturated heterocycles. The van der Waals surface area contributed by atoms with Gasteiger partial charge < -0.3 is 10.6 Å². The third-order valence-electron chi connectivity index (χ3n) is 5.21. The minimum absolute atomic E-state index is 0.227. The van der Waals surface area contributed by atoms with Gasteiger partial charge in [-0.15, -0.1) is 0 Å². The van der Waals surface area contributed by atoms with E-state index in [2.05, 4.69) is 21.7 Å². The predicted molar refractivity (Wildman–Crippen MR) is 93.9 cm³/mol. The van der Waals surface area contributed by atoms with Gasteiger partial charge in [-0.3, -0.25) is 9.78 Å². The van der Waals surface area contributed by atoms with Crippen molar-refractivity contribution in [2.75, 3.05) is 6.54 Å². The van der Waals surface area contributed by atoms with Gasteiger partial charge in [0.1, 0.15) is 5.82 Å². The Balaban J connectivity index is 1.55. The third kappa shape index (κ3) is 3.29. The Kier molecular flexibility index (Phi) is 4.49. The molecule has 0 unspecified atom stereocenters. The van der Waals surface area contributed by atoms with Crippen LogP contribution in [0.4, 0.5) is 4.39 Å². The molecule has 2 aliphatic rings. The number of rotatable bonds is 3. The second kappa shape index (κ2) is 6.92. The molecule has 0 bridgehead atoms. The summed E-state index contributed by atoms with van der Waals surface area (Å²) in [5.74, 6) is -0.573. The number of pyridine rings is 1. The summed E-state index contributed by atoms with van der Waals surface area (Å²) in [6, 6.07) is 4.96. The van der Waals surface area contributed by atoms with Crippen molar-refractivity contribution in [2.45, 2.75) is 45.2 Å². The minimum Gasteiger partial charge on any atom is -0.346 e. The topological polar surface area (TPSA) is 54.0 Å². The summed E-state index contributed by atoms with van der Waals surface area (Å²) >= 11 is 0. The molecule has 5 heteroatoms. The maximum absolute atomic E-state index is 13.9. The van der Waals surface area contributed by atoms with Gasteiger partial charge in [0.15, 0.2) is 0 Å². The van der Waals surface area contributed by atoms with Crippen LogP contribution in [0.15, 0.2) is 24.4 Å². The smallest absolute Gasteiger partial charge is 0.252 e. The summed E-state index contributed by atoms with van der Waals surface area (Å²) in [4.78, 5) is 17.1. The van der Waals surface area contributed by atoms with Gasteiger partial charge in [-0.2, -0.15) is 0 Å². The van der Waals surface area contributed by atoms with Gasteiger partial charge in [0.2, 0.25) is 0 Å². The van der Waals surface area contributed by atoms with E-state index in [-0.39, 0.29) is 11.7 Å². The number of amides is 1. The largest absolute Gasteiger partial charge is 0.346 e. The van der Waals surface area contributed by atoms with Gasteiger partial charge in [0.25, 0.3) is 5.91 Å². The van der Waals surface area contributed by atoms with Crippen LogP contribution in [0.3, 0.4) is 0 Å². The number of nitrogens with zero attached hydrogens (tertiary/aromatic N) is 1. The molecule has 0 atom stereocenters. The number of halogens is 1. The Hall–Kier alpha value is -2.27. The molecule has 4 rings (SSSR count). The van der Waals surface area contributed by atoms with E-state index >= 15 is 0 Å². The minimum atomic E-state index is -0.346. The number of carbonyl (C=O) groups is 1. The lowest BCUT2D eigenvalue weighted by atomic mass is 9.91. The van der Waals surface area contributed by atoms with Crippen LogP contribution in [0.5, 0.6) is 0 Å². The quantitative estimate of drug-likeness (QED) is 0.904. The van der Waals surface area contributed by atoms with Crippen LogP contribution in [-0.2, 0) is 32.4 Å². The first-order valence-corrected chi connectivity index (χ1v) is 8.98. The first kappa shape index (κ1) is 16.2. The summed E-state index contributed by atoms with van der Waals surface area (Å²) in [7, 11) is 0. The fourth-order valence-electron chi connectivity index (χ4n) is 3.91. The fourth-order valence-corrected chi connectivity index (χ4v) is 3.91. The lowest BCUT2D eigenvalue weighted by molar-refractivity contribution is 0.0948. The third-order valence-corrected chi connectivity index (χ3v) is 5.21. The monoisotopic (exact) mass is 339 g/mol. The van der Waals surface area contributed by atoms with Gasteiger partial charge in [-0.1, -0.05) is 0 Å². The first-order valence-electron chi connectivity index (χ1n) is 8.98. The van der Waals surface area contributed by atoms with Crippen molar-refractivity contribution in [3.05, 3.63) is 63.7 Å². The number of carbonyl (C=O) groups excluding carboxylic acids is 1. The van der Waals surface area contributed by atoms with Crippen LogP contribution in [-0.4, -0.2) is 17.4 Å². The summed E-state index contributed by atoms with van der Waals surface area (Å²) in [6.45, 7) is 1.82. The van der Waals surface area contributed by atoms with E-state index in [1.165, 1.54) is 30.0 Å². The highest BCUT2D eigenvalue weighted by atomic mass is 19.1. The van der Waals surface area contributed by atoms with E-state index in [1.807, 2.05) is 6.20 Å². The van der Waals surface area contributed by atoms with Crippen LogP contribution in [0, 0.1) is 5.82 Å². The van der Waals surface area contributed by atoms with E-state index in [0.717, 1.165) is 42.6 Å². The number of aromatic nitrogens is 1. The number of aryl methyl sites for hydroxylation is 1. The molecule has 25 heavy (non-hydrogen) atoms. The number of benzene rings is 1. The lowest BCUT2D eigenvalue weighted by Gasteiger charge is -2.21. The molecule has 2 heterocycles. The number of hydrogen-bond donors (Lipinski definition) is 2. The molecule has 130 valence electrons. The van der Waals surface area contributed by atoms with Crippen LogP contribution in [0.1, 0.15) is 51.1 Å². The highest BCUT2D eigenvalue weighted by molar-refractivity contribution is 5.96. The molecule has 1 aliphatic carbocycles. The second-order valence-electron chi connectivity index (χ2n) is 6.80. The standard InChI is InChI=1S/C20H22FN3O/c21-15-9-14-5-7-22-11-18(14)17(10-15)20(25)24-12-19-16-4-2-1-3-13(16)6-8-23-19/h6,8-10,22H,1-5,7,11-12H2,(H,24,25). The van der Waals surface area contributed by atoms with E-state index in [0.29, 0.717) is 18.7 Å². The van der Waals surface area contributed by atoms with Gasteiger partial charge in [-0.05, 0) is 79.1 Å². The van der Waals surface area contributed by atoms with Crippen LogP contribution < -0.4 is 10.6 Å². The average molecular weight is 339 g/mol. The molecule has 0 spiro atoms. The number of hydrogen-bond acceptors (Lipinski definition) is 3. The Labute approximate surface area is 146 Å². The fraction of sp³-hybridized carbons (Fsp3) is 0.400. The Morgan fingerprint density at radius 3 is 2.96 bits per heavy atom. The zero-order valence-electron chi connectivity index (χ0n) is 14.2. The van der Waals surface area contributed by atoms with Gasteiger partial charge >= 0.3 is 0 Å². The van der Waals surface area contributed by atoms with Crippen molar-refractivity contribution in [3.8, 4) is 0 Å². The van der Waals surface area contributed by atoms with Crippen LogP contribution in [0.2, 0.25) is 0 Å². The molecular weight excluding hydrogens is 317 g/mol. The van der Waals surface area contributed by atoms with E-state index in [1.54, 1.807) is 6.07 Å². The molecule has 2 aromatic rings. The molecule has 1 aromatic carbocycles. The van der Waals surface area contributed by atoms with Crippen molar-refractivity contribution in [1.82, 2.24) is 15.6 Å². The van der Waals surface area contributed by atoms with Crippen molar-refractivity contribution in [1.29, 1.82) is 0 Å². The maximum Gasteiger partial charge on any atom is 0.252 e. The molecule has 2 N–H and O–H groups in total. The summed E-state index contributed by atoms with van der Waals surface area (Å²) in [5.41, 5.74) is 5.84. The zero-order chi connectivity index (χ0) is 17.2. The SMILES string of the molecule is O=C(NCc1nccc2c1CCCC2)c1cc(F)cc2c1CNCC2. The van der Waals surface area contributed by atoms with Crippen molar-refractivity contribution in [2.24, 2.45) is 0 Å². The van der Waals surface area contributed by atoms with Gasteiger partial charge in [0, 0.05) is 18.3 Å². The maximum atomic E-state index is 13.9. The second-order valence-corrected chi connectivity index (χ2v) is 6.80. The van der Waals surface area contributed by atoms with Gasteiger partial charge in [0.05, 0.1) is 12.2 Å². The first-order chi connectivity index (χ1) is 12.2. The molecule has 0 fully saturated rings.